The zero-order valence-electron chi connectivity index (χ0n) is 10.7. The molecule has 1 amide bonds. The van der Waals surface area contributed by atoms with Crippen LogP contribution in [0.1, 0.15) is 26.3 Å². The van der Waals surface area contributed by atoms with Crippen molar-refractivity contribution in [1.29, 1.82) is 0 Å². The molecule has 0 radical (unpaired) electrons. The normalized spacial score (nSPS) is 10.1. The van der Waals surface area contributed by atoms with Crippen molar-refractivity contribution < 1.29 is 14.7 Å². The number of benzene rings is 2. The number of carboxylic acids is 1. The van der Waals surface area contributed by atoms with E-state index < -0.39 is 5.97 Å². The highest BCUT2D eigenvalue weighted by Crippen LogP contribution is 2.21. The first kappa shape index (κ1) is 14.3. The predicted octanol–water partition coefficient (Wildman–Crippen LogP) is 3.71. The molecule has 0 aliphatic heterocycles. The lowest BCUT2D eigenvalue weighted by molar-refractivity contribution is 0.0697. The van der Waals surface area contributed by atoms with Crippen molar-refractivity contribution in [3.63, 3.8) is 0 Å². The van der Waals surface area contributed by atoms with Crippen molar-refractivity contribution in [3.05, 3.63) is 63.6 Å². The molecule has 0 heterocycles. The SMILES string of the molecule is Cc1cccc(NC(=O)c2cccc(Br)c2)c1C(=O)O. The number of carbonyl (C=O) groups is 2. The van der Waals surface area contributed by atoms with Gasteiger partial charge in [-0.1, -0.05) is 34.1 Å². The number of aromatic carboxylic acids is 1. The number of halogens is 1. The van der Waals surface area contributed by atoms with Gasteiger partial charge in [0.05, 0.1) is 11.3 Å². The zero-order chi connectivity index (χ0) is 14.7. The molecule has 0 aromatic heterocycles. The van der Waals surface area contributed by atoms with Crippen LogP contribution < -0.4 is 5.32 Å². The van der Waals surface area contributed by atoms with Gasteiger partial charge in [-0.25, -0.2) is 4.79 Å². The molecule has 0 atom stereocenters. The highest BCUT2D eigenvalue weighted by atomic mass is 79.9. The highest BCUT2D eigenvalue weighted by Gasteiger charge is 2.15. The van der Waals surface area contributed by atoms with Crippen molar-refractivity contribution in [3.8, 4) is 0 Å². The maximum absolute atomic E-state index is 12.1. The van der Waals surface area contributed by atoms with Gasteiger partial charge in [0, 0.05) is 10.0 Å². The lowest BCUT2D eigenvalue weighted by Gasteiger charge is -2.10. The van der Waals surface area contributed by atoms with Gasteiger partial charge in [-0.05, 0) is 36.8 Å². The number of anilines is 1. The molecule has 0 saturated carbocycles. The third-order valence-corrected chi connectivity index (χ3v) is 3.31. The van der Waals surface area contributed by atoms with Gasteiger partial charge in [0.15, 0.2) is 0 Å². The second-order valence-corrected chi connectivity index (χ2v) is 5.18. The monoisotopic (exact) mass is 333 g/mol. The largest absolute Gasteiger partial charge is 0.478 e. The van der Waals surface area contributed by atoms with E-state index in [1.54, 1.807) is 43.3 Å². The minimum absolute atomic E-state index is 0.107. The zero-order valence-corrected chi connectivity index (χ0v) is 12.3. The molecule has 0 bridgehead atoms. The van der Waals surface area contributed by atoms with Crippen LogP contribution in [0.15, 0.2) is 46.9 Å². The third-order valence-electron chi connectivity index (χ3n) is 2.82. The van der Waals surface area contributed by atoms with E-state index >= 15 is 0 Å². The maximum Gasteiger partial charge on any atom is 0.338 e. The summed E-state index contributed by atoms with van der Waals surface area (Å²) in [5.74, 6) is -1.41. The van der Waals surface area contributed by atoms with Crippen molar-refractivity contribution >= 4 is 33.5 Å². The van der Waals surface area contributed by atoms with E-state index in [1.807, 2.05) is 6.07 Å². The van der Waals surface area contributed by atoms with Crippen LogP contribution >= 0.6 is 15.9 Å². The number of aryl methyl sites for hydroxylation is 1. The van der Waals surface area contributed by atoms with Gasteiger partial charge >= 0.3 is 5.97 Å². The Morgan fingerprint density at radius 1 is 1.15 bits per heavy atom. The molecule has 5 heteroatoms. The van der Waals surface area contributed by atoms with Crippen molar-refractivity contribution in [2.75, 3.05) is 5.32 Å². The fraction of sp³-hybridized carbons (Fsp3) is 0.0667. The molecule has 102 valence electrons. The number of rotatable bonds is 3. The van der Waals surface area contributed by atoms with Crippen LogP contribution in [0.25, 0.3) is 0 Å². The van der Waals surface area contributed by atoms with E-state index in [9.17, 15) is 14.7 Å². The summed E-state index contributed by atoms with van der Waals surface area (Å²) in [6.07, 6.45) is 0. The Morgan fingerprint density at radius 3 is 2.50 bits per heavy atom. The number of carbonyl (C=O) groups excluding carboxylic acids is 1. The molecule has 0 spiro atoms. The molecule has 2 aromatic carbocycles. The van der Waals surface area contributed by atoms with E-state index in [-0.39, 0.29) is 11.5 Å². The topological polar surface area (TPSA) is 66.4 Å². The summed E-state index contributed by atoms with van der Waals surface area (Å²) in [5.41, 5.74) is 1.46. The molecule has 2 aromatic rings. The fourth-order valence-electron chi connectivity index (χ4n) is 1.88. The Balaban J connectivity index is 2.33. The summed E-state index contributed by atoms with van der Waals surface area (Å²) in [4.78, 5) is 23.4. The molecule has 0 aliphatic rings. The minimum Gasteiger partial charge on any atom is -0.478 e. The van der Waals surface area contributed by atoms with Crippen LogP contribution in [0.5, 0.6) is 0 Å². The second-order valence-electron chi connectivity index (χ2n) is 4.27. The van der Waals surface area contributed by atoms with Gasteiger partial charge in [0.25, 0.3) is 5.91 Å². The van der Waals surface area contributed by atoms with Crippen molar-refractivity contribution in [1.82, 2.24) is 0 Å². The van der Waals surface area contributed by atoms with E-state index in [2.05, 4.69) is 21.2 Å². The number of hydrogen-bond acceptors (Lipinski definition) is 2. The summed E-state index contributed by atoms with van der Waals surface area (Å²) in [7, 11) is 0. The van der Waals surface area contributed by atoms with Gasteiger partial charge in [0.2, 0.25) is 0 Å². The Labute approximate surface area is 124 Å². The maximum atomic E-state index is 12.1. The Kier molecular flexibility index (Phi) is 4.20. The highest BCUT2D eigenvalue weighted by molar-refractivity contribution is 9.10. The van der Waals surface area contributed by atoms with Crippen LogP contribution in [0, 0.1) is 6.92 Å². The summed E-state index contributed by atoms with van der Waals surface area (Å²) in [6, 6.07) is 11.9. The predicted molar refractivity (Wildman–Crippen MR) is 80.2 cm³/mol. The van der Waals surface area contributed by atoms with Crippen LogP contribution in [0.2, 0.25) is 0 Å². The molecule has 2 rings (SSSR count). The lowest BCUT2D eigenvalue weighted by Crippen LogP contribution is -2.15. The molecule has 0 fully saturated rings. The molecule has 0 saturated heterocycles. The summed E-state index contributed by atoms with van der Waals surface area (Å²) < 4.78 is 0.785. The number of nitrogens with one attached hydrogen (secondary N) is 1. The molecule has 20 heavy (non-hydrogen) atoms. The third kappa shape index (κ3) is 3.05. The second kappa shape index (κ2) is 5.88. The average Bonchev–Trinajstić information content (AvgIpc) is 2.38. The van der Waals surface area contributed by atoms with E-state index in [4.69, 9.17) is 0 Å². The molecule has 4 nitrogen and oxygen atoms in total. The molecular formula is C15H12BrNO3. The Hall–Kier alpha value is -2.14. The first-order valence-corrected chi connectivity index (χ1v) is 6.68. The average molecular weight is 334 g/mol. The van der Waals surface area contributed by atoms with Crippen LogP contribution in [-0.2, 0) is 0 Å². The van der Waals surface area contributed by atoms with Gasteiger partial charge in [-0.3, -0.25) is 4.79 Å². The molecular weight excluding hydrogens is 322 g/mol. The lowest BCUT2D eigenvalue weighted by atomic mass is 10.1. The quantitative estimate of drug-likeness (QED) is 0.899. The van der Waals surface area contributed by atoms with Crippen LogP contribution in [0.4, 0.5) is 5.69 Å². The minimum atomic E-state index is -1.06. The Bertz CT molecular complexity index is 683. The van der Waals surface area contributed by atoms with Crippen LogP contribution in [0.3, 0.4) is 0 Å². The van der Waals surface area contributed by atoms with Crippen molar-refractivity contribution in [2.45, 2.75) is 6.92 Å². The van der Waals surface area contributed by atoms with Gasteiger partial charge in [-0.15, -0.1) is 0 Å². The van der Waals surface area contributed by atoms with Gasteiger partial charge in [-0.2, -0.15) is 0 Å². The summed E-state index contributed by atoms with van der Waals surface area (Å²) in [6.45, 7) is 1.69. The number of hydrogen-bond donors (Lipinski definition) is 2. The Morgan fingerprint density at radius 2 is 1.85 bits per heavy atom. The molecule has 0 unspecified atom stereocenters. The summed E-state index contributed by atoms with van der Waals surface area (Å²) >= 11 is 3.29. The fourth-order valence-corrected chi connectivity index (χ4v) is 2.28. The van der Waals surface area contributed by atoms with E-state index in [0.29, 0.717) is 16.8 Å². The molecule has 2 N–H and O–H groups in total. The smallest absolute Gasteiger partial charge is 0.338 e. The summed E-state index contributed by atoms with van der Waals surface area (Å²) in [5, 5.41) is 11.9. The van der Waals surface area contributed by atoms with E-state index in [0.717, 1.165) is 4.47 Å². The van der Waals surface area contributed by atoms with Crippen LogP contribution in [-0.4, -0.2) is 17.0 Å². The van der Waals surface area contributed by atoms with Gasteiger partial charge in [0.1, 0.15) is 0 Å². The first-order valence-electron chi connectivity index (χ1n) is 5.89. The number of carboxylic acid groups (broad SMARTS) is 1. The van der Waals surface area contributed by atoms with Crippen molar-refractivity contribution in [2.24, 2.45) is 0 Å². The molecule has 0 aliphatic carbocycles. The first-order chi connectivity index (χ1) is 9.49. The van der Waals surface area contributed by atoms with Gasteiger partial charge < -0.3 is 10.4 Å². The van der Waals surface area contributed by atoms with E-state index in [1.165, 1.54) is 0 Å². The number of amides is 1. The standard InChI is InChI=1S/C15H12BrNO3/c1-9-4-2-7-12(13(9)15(19)20)17-14(18)10-5-3-6-11(16)8-10/h2-8H,1H3,(H,17,18)(H,19,20).